The second-order valence-electron chi connectivity index (χ2n) is 5.81. The zero-order valence-corrected chi connectivity index (χ0v) is 13.7. The third kappa shape index (κ3) is 3.31. The Bertz CT molecular complexity index is 840. The van der Waals surface area contributed by atoms with E-state index >= 15 is 0 Å². The normalized spacial score (nSPS) is 11.0. The van der Waals surface area contributed by atoms with E-state index in [0.29, 0.717) is 5.56 Å². The Morgan fingerprint density at radius 1 is 1.25 bits per heavy atom. The van der Waals surface area contributed by atoms with Gasteiger partial charge < -0.3 is 15.0 Å². The fraction of sp³-hybridized carbons (Fsp3) is 0.263. The number of benzene rings is 1. The Kier molecular flexibility index (Phi) is 4.91. The predicted octanol–water partition coefficient (Wildman–Crippen LogP) is 3.27. The lowest BCUT2D eigenvalue weighted by molar-refractivity contribution is 0.0697. The van der Waals surface area contributed by atoms with Crippen LogP contribution in [0.25, 0.3) is 16.7 Å². The van der Waals surface area contributed by atoms with Crippen molar-refractivity contribution in [3.05, 3.63) is 59.9 Å². The number of carbonyl (C=O) groups is 1. The highest BCUT2D eigenvalue weighted by atomic mass is 16.4. The zero-order valence-electron chi connectivity index (χ0n) is 13.7. The average Bonchev–Trinajstić information content (AvgIpc) is 2.97. The third-order valence-corrected chi connectivity index (χ3v) is 4.15. The first-order valence-electron chi connectivity index (χ1n) is 8.14. The molecule has 0 unspecified atom stereocenters. The van der Waals surface area contributed by atoms with E-state index in [2.05, 4.69) is 16.5 Å². The Labute approximate surface area is 141 Å². The molecule has 1 aromatic carbocycles. The SMILES string of the molecule is CNCCCCc1cn(-c2ccccn2)c2ccc(C(=O)O)cc12. The zero-order chi connectivity index (χ0) is 16.9. The molecule has 5 heteroatoms. The van der Waals surface area contributed by atoms with Gasteiger partial charge >= 0.3 is 5.97 Å². The van der Waals surface area contributed by atoms with Crippen molar-refractivity contribution in [1.82, 2.24) is 14.9 Å². The first-order valence-corrected chi connectivity index (χ1v) is 8.14. The summed E-state index contributed by atoms with van der Waals surface area (Å²) in [5, 5.41) is 13.4. The van der Waals surface area contributed by atoms with Crippen LogP contribution in [0.2, 0.25) is 0 Å². The Balaban J connectivity index is 2.04. The van der Waals surface area contributed by atoms with Crippen molar-refractivity contribution in [2.75, 3.05) is 13.6 Å². The van der Waals surface area contributed by atoms with Crippen LogP contribution in [0.1, 0.15) is 28.8 Å². The second kappa shape index (κ2) is 7.27. The largest absolute Gasteiger partial charge is 0.478 e. The molecule has 5 nitrogen and oxygen atoms in total. The topological polar surface area (TPSA) is 67.2 Å². The third-order valence-electron chi connectivity index (χ3n) is 4.15. The number of aromatic carboxylic acids is 1. The fourth-order valence-electron chi connectivity index (χ4n) is 2.93. The van der Waals surface area contributed by atoms with Gasteiger partial charge in [-0.3, -0.25) is 0 Å². The first kappa shape index (κ1) is 16.2. The molecule has 0 amide bonds. The summed E-state index contributed by atoms with van der Waals surface area (Å²) < 4.78 is 2.04. The number of aromatic nitrogens is 2. The molecule has 2 aromatic heterocycles. The van der Waals surface area contributed by atoms with E-state index in [1.807, 2.05) is 35.9 Å². The summed E-state index contributed by atoms with van der Waals surface area (Å²) >= 11 is 0. The molecule has 2 heterocycles. The molecule has 0 aliphatic heterocycles. The van der Waals surface area contributed by atoms with Crippen LogP contribution < -0.4 is 5.32 Å². The lowest BCUT2D eigenvalue weighted by Crippen LogP contribution is -2.07. The lowest BCUT2D eigenvalue weighted by Gasteiger charge is -2.03. The molecule has 0 radical (unpaired) electrons. The summed E-state index contributed by atoms with van der Waals surface area (Å²) in [5.41, 5.74) is 2.47. The number of hydrogen-bond donors (Lipinski definition) is 2. The maximum Gasteiger partial charge on any atom is 0.335 e. The molecule has 0 saturated carbocycles. The van der Waals surface area contributed by atoms with E-state index in [1.165, 1.54) is 0 Å². The maximum atomic E-state index is 11.3. The van der Waals surface area contributed by atoms with Crippen molar-refractivity contribution in [3.63, 3.8) is 0 Å². The quantitative estimate of drug-likeness (QED) is 0.655. The van der Waals surface area contributed by atoms with E-state index in [0.717, 1.165) is 48.1 Å². The van der Waals surface area contributed by atoms with Crippen LogP contribution in [0.3, 0.4) is 0 Å². The minimum Gasteiger partial charge on any atom is -0.478 e. The molecule has 3 rings (SSSR count). The molecule has 0 aliphatic carbocycles. The van der Waals surface area contributed by atoms with Crippen LogP contribution >= 0.6 is 0 Å². The number of carboxylic acid groups (broad SMARTS) is 1. The molecule has 0 atom stereocenters. The van der Waals surface area contributed by atoms with E-state index < -0.39 is 5.97 Å². The van der Waals surface area contributed by atoms with Gasteiger partial charge in [0.2, 0.25) is 0 Å². The van der Waals surface area contributed by atoms with Gasteiger partial charge in [-0.1, -0.05) is 6.07 Å². The van der Waals surface area contributed by atoms with Crippen LogP contribution in [-0.2, 0) is 6.42 Å². The fourth-order valence-corrected chi connectivity index (χ4v) is 2.93. The molecular formula is C19H21N3O2. The molecule has 0 aliphatic rings. The van der Waals surface area contributed by atoms with Crippen molar-refractivity contribution in [2.45, 2.75) is 19.3 Å². The number of unbranched alkanes of at least 4 members (excludes halogenated alkanes) is 1. The van der Waals surface area contributed by atoms with Crippen molar-refractivity contribution in [1.29, 1.82) is 0 Å². The lowest BCUT2D eigenvalue weighted by atomic mass is 10.0. The molecule has 0 saturated heterocycles. The highest BCUT2D eigenvalue weighted by Gasteiger charge is 2.13. The minimum atomic E-state index is -0.899. The summed E-state index contributed by atoms with van der Waals surface area (Å²) in [4.78, 5) is 15.7. The Morgan fingerprint density at radius 2 is 2.12 bits per heavy atom. The predicted molar refractivity (Wildman–Crippen MR) is 94.9 cm³/mol. The van der Waals surface area contributed by atoms with Gasteiger partial charge in [-0.05, 0) is 68.8 Å². The maximum absolute atomic E-state index is 11.3. The van der Waals surface area contributed by atoms with E-state index in [4.69, 9.17) is 0 Å². The highest BCUT2D eigenvalue weighted by Crippen LogP contribution is 2.26. The number of aryl methyl sites for hydroxylation is 1. The number of nitrogens with zero attached hydrogens (tertiary/aromatic N) is 2. The number of fused-ring (bicyclic) bond motifs is 1. The van der Waals surface area contributed by atoms with Gasteiger partial charge in [-0.25, -0.2) is 9.78 Å². The molecule has 3 aromatic rings. The van der Waals surface area contributed by atoms with Gasteiger partial charge in [-0.15, -0.1) is 0 Å². The summed E-state index contributed by atoms with van der Waals surface area (Å²) in [7, 11) is 1.95. The average molecular weight is 323 g/mol. The summed E-state index contributed by atoms with van der Waals surface area (Å²) in [6.07, 6.45) is 6.91. The molecule has 0 bridgehead atoms. The van der Waals surface area contributed by atoms with Crippen molar-refractivity contribution in [3.8, 4) is 5.82 Å². The van der Waals surface area contributed by atoms with Crippen LogP contribution in [-0.4, -0.2) is 34.2 Å². The highest BCUT2D eigenvalue weighted by molar-refractivity contribution is 5.95. The summed E-state index contributed by atoms with van der Waals surface area (Å²) in [5.74, 6) is -0.0596. The number of hydrogen-bond acceptors (Lipinski definition) is 3. The van der Waals surface area contributed by atoms with Gasteiger partial charge in [0.25, 0.3) is 0 Å². The second-order valence-corrected chi connectivity index (χ2v) is 5.81. The van der Waals surface area contributed by atoms with Gasteiger partial charge in [0.1, 0.15) is 5.82 Å². The minimum absolute atomic E-state index is 0.317. The van der Waals surface area contributed by atoms with Gasteiger partial charge in [0, 0.05) is 17.8 Å². The standard InChI is InChI=1S/C19H21N3O2/c1-20-10-4-2-6-15-13-22(18-7-3-5-11-21-18)17-9-8-14(19(23)24)12-16(15)17/h3,5,7-9,11-13,20H,2,4,6,10H2,1H3,(H,23,24). The van der Waals surface area contributed by atoms with E-state index in [9.17, 15) is 9.90 Å². The number of rotatable bonds is 7. The number of nitrogens with one attached hydrogen (secondary N) is 1. The molecule has 2 N–H and O–H groups in total. The molecule has 0 spiro atoms. The van der Waals surface area contributed by atoms with Crippen molar-refractivity contribution in [2.24, 2.45) is 0 Å². The Morgan fingerprint density at radius 3 is 2.83 bits per heavy atom. The molecule has 124 valence electrons. The van der Waals surface area contributed by atoms with Gasteiger partial charge in [-0.2, -0.15) is 0 Å². The smallest absolute Gasteiger partial charge is 0.335 e. The summed E-state index contributed by atoms with van der Waals surface area (Å²) in [6, 6.07) is 11.1. The monoisotopic (exact) mass is 323 g/mol. The molecule has 24 heavy (non-hydrogen) atoms. The Hall–Kier alpha value is -2.66. The van der Waals surface area contributed by atoms with E-state index in [1.54, 1.807) is 18.3 Å². The van der Waals surface area contributed by atoms with Crippen LogP contribution in [0, 0.1) is 0 Å². The molecule has 0 fully saturated rings. The number of carboxylic acids is 1. The summed E-state index contributed by atoms with van der Waals surface area (Å²) in [6.45, 7) is 0.985. The van der Waals surface area contributed by atoms with E-state index in [-0.39, 0.29) is 0 Å². The van der Waals surface area contributed by atoms with Crippen LogP contribution in [0.4, 0.5) is 0 Å². The van der Waals surface area contributed by atoms with Gasteiger partial charge in [0.05, 0.1) is 11.1 Å². The first-order chi connectivity index (χ1) is 11.7. The van der Waals surface area contributed by atoms with Crippen molar-refractivity contribution < 1.29 is 9.90 Å². The van der Waals surface area contributed by atoms with Crippen LogP contribution in [0.15, 0.2) is 48.8 Å². The van der Waals surface area contributed by atoms with Crippen molar-refractivity contribution >= 4 is 16.9 Å². The molecular weight excluding hydrogens is 302 g/mol. The van der Waals surface area contributed by atoms with Crippen LogP contribution in [0.5, 0.6) is 0 Å². The van der Waals surface area contributed by atoms with Gasteiger partial charge in [0.15, 0.2) is 0 Å². The number of pyridine rings is 1.